The fourth-order valence-electron chi connectivity index (χ4n) is 0.421. The molecule has 7 nitrogen and oxygen atoms in total. The molecule has 1 atom stereocenters. The van der Waals surface area contributed by atoms with Crippen LogP contribution in [0.4, 0.5) is 0 Å². The van der Waals surface area contributed by atoms with Crippen molar-refractivity contribution in [3.8, 4) is 0 Å². The summed E-state index contributed by atoms with van der Waals surface area (Å²) in [6.45, 7) is 0.472. The maximum absolute atomic E-state index is 10.1. The number of amides is 1. The van der Waals surface area contributed by atoms with Gasteiger partial charge in [0.1, 0.15) is 6.04 Å². The van der Waals surface area contributed by atoms with Gasteiger partial charge in [-0.1, -0.05) is 0 Å². The number of carboxylic acid groups (broad SMARTS) is 1. The quantitative estimate of drug-likeness (QED) is 0.339. The van der Waals surface area contributed by atoms with Crippen molar-refractivity contribution in [3.63, 3.8) is 0 Å². The fourth-order valence-corrected chi connectivity index (χ4v) is 0.421. The SMILES string of the molecule is NC(=O)CC[C@H](N)C(=O)O.NCCO. The van der Waals surface area contributed by atoms with Crippen LogP contribution in [0.1, 0.15) is 12.8 Å². The predicted octanol–water partition coefficient (Wildman–Crippen LogP) is -2.40. The zero-order valence-electron chi connectivity index (χ0n) is 7.85. The van der Waals surface area contributed by atoms with Crippen LogP contribution in [0.25, 0.3) is 0 Å². The van der Waals surface area contributed by atoms with Gasteiger partial charge in [0.05, 0.1) is 6.61 Å². The van der Waals surface area contributed by atoms with Crippen LogP contribution in [0.5, 0.6) is 0 Å². The molecule has 84 valence electrons. The lowest BCUT2D eigenvalue weighted by atomic mass is 10.2. The Kier molecular flexibility index (Phi) is 10.8. The Bertz CT molecular complexity index is 172. The summed E-state index contributed by atoms with van der Waals surface area (Å²) in [4.78, 5) is 20.1. The Morgan fingerprint density at radius 1 is 1.36 bits per heavy atom. The number of carbonyl (C=O) groups excluding carboxylic acids is 1. The van der Waals surface area contributed by atoms with Gasteiger partial charge in [-0.15, -0.1) is 0 Å². The van der Waals surface area contributed by atoms with Gasteiger partial charge in [0.25, 0.3) is 0 Å². The van der Waals surface area contributed by atoms with Crippen LogP contribution >= 0.6 is 0 Å². The van der Waals surface area contributed by atoms with E-state index in [4.69, 9.17) is 27.4 Å². The van der Waals surface area contributed by atoms with Crippen molar-refractivity contribution < 1.29 is 19.8 Å². The molecule has 0 spiro atoms. The van der Waals surface area contributed by atoms with Crippen molar-refractivity contribution in [1.29, 1.82) is 0 Å². The normalized spacial score (nSPS) is 11.1. The van der Waals surface area contributed by atoms with Crippen molar-refractivity contribution in [3.05, 3.63) is 0 Å². The first-order chi connectivity index (χ1) is 6.45. The molecule has 0 aliphatic carbocycles. The molecule has 0 saturated carbocycles. The molecule has 0 heterocycles. The fraction of sp³-hybridized carbons (Fsp3) is 0.714. The van der Waals surface area contributed by atoms with Gasteiger partial charge >= 0.3 is 5.97 Å². The number of primary amides is 1. The van der Waals surface area contributed by atoms with Gasteiger partial charge in [-0.2, -0.15) is 0 Å². The summed E-state index contributed by atoms with van der Waals surface area (Å²) >= 11 is 0. The molecule has 0 aliphatic heterocycles. The van der Waals surface area contributed by atoms with Gasteiger partial charge in [-0.3, -0.25) is 9.59 Å². The van der Waals surface area contributed by atoms with Crippen LogP contribution in [0, 0.1) is 0 Å². The second-order valence-electron chi connectivity index (χ2n) is 2.46. The highest BCUT2D eigenvalue weighted by atomic mass is 16.4. The second-order valence-corrected chi connectivity index (χ2v) is 2.46. The molecule has 0 rings (SSSR count). The molecule has 0 saturated heterocycles. The zero-order chi connectivity index (χ0) is 11.6. The molecule has 0 radical (unpaired) electrons. The summed E-state index contributed by atoms with van der Waals surface area (Å²) in [5, 5.41) is 16.0. The molecule has 0 bridgehead atoms. The molecule has 0 aromatic carbocycles. The molecule has 0 aromatic heterocycles. The van der Waals surface area contributed by atoms with Crippen molar-refractivity contribution in [2.75, 3.05) is 13.2 Å². The number of aliphatic hydroxyl groups excluding tert-OH is 1. The molecule has 0 aromatic rings. The molecule has 0 aliphatic rings. The highest BCUT2D eigenvalue weighted by Gasteiger charge is 2.11. The summed E-state index contributed by atoms with van der Waals surface area (Å²) in [6, 6.07) is -0.979. The summed E-state index contributed by atoms with van der Waals surface area (Å²) in [6.07, 6.45) is 0.123. The number of aliphatic carboxylic acids is 1. The Hall–Kier alpha value is -1.18. The number of carbonyl (C=O) groups is 2. The summed E-state index contributed by atoms with van der Waals surface area (Å²) in [7, 11) is 0. The lowest BCUT2D eigenvalue weighted by molar-refractivity contribution is -0.138. The van der Waals surface area contributed by atoms with E-state index in [1.807, 2.05) is 0 Å². The Morgan fingerprint density at radius 3 is 2.00 bits per heavy atom. The number of nitrogens with two attached hydrogens (primary N) is 3. The first-order valence-electron chi connectivity index (χ1n) is 4.03. The first kappa shape index (κ1) is 15.3. The second kappa shape index (κ2) is 9.90. The number of rotatable bonds is 5. The van der Waals surface area contributed by atoms with E-state index < -0.39 is 17.9 Å². The third-order valence-electron chi connectivity index (χ3n) is 1.15. The van der Waals surface area contributed by atoms with Crippen LogP contribution in [0.3, 0.4) is 0 Å². The van der Waals surface area contributed by atoms with Gasteiger partial charge in [0, 0.05) is 13.0 Å². The molecule has 7 heteroatoms. The molecule has 14 heavy (non-hydrogen) atoms. The van der Waals surface area contributed by atoms with E-state index in [2.05, 4.69) is 0 Å². The monoisotopic (exact) mass is 207 g/mol. The largest absolute Gasteiger partial charge is 0.480 e. The van der Waals surface area contributed by atoms with E-state index in [1.54, 1.807) is 0 Å². The zero-order valence-corrected chi connectivity index (χ0v) is 7.85. The molecule has 8 N–H and O–H groups in total. The topological polar surface area (TPSA) is 153 Å². The van der Waals surface area contributed by atoms with E-state index >= 15 is 0 Å². The summed E-state index contributed by atoms with van der Waals surface area (Å²) < 4.78 is 0. The van der Waals surface area contributed by atoms with Crippen LogP contribution in [0.15, 0.2) is 0 Å². The number of carboxylic acids is 1. The van der Waals surface area contributed by atoms with Gasteiger partial charge < -0.3 is 27.4 Å². The Labute approximate surface area is 81.9 Å². The average molecular weight is 207 g/mol. The third kappa shape index (κ3) is 13.4. The minimum atomic E-state index is -1.11. The van der Waals surface area contributed by atoms with Gasteiger partial charge in [0.2, 0.25) is 5.91 Å². The highest BCUT2D eigenvalue weighted by Crippen LogP contribution is 1.92. The van der Waals surface area contributed by atoms with Crippen LogP contribution < -0.4 is 17.2 Å². The summed E-state index contributed by atoms with van der Waals surface area (Å²) in [5.74, 6) is -1.64. The van der Waals surface area contributed by atoms with E-state index in [9.17, 15) is 9.59 Å². The lowest BCUT2D eigenvalue weighted by Crippen LogP contribution is -2.31. The van der Waals surface area contributed by atoms with Crippen molar-refractivity contribution in [1.82, 2.24) is 0 Å². The summed E-state index contributed by atoms with van der Waals surface area (Å²) in [5.41, 5.74) is 14.6. The van der Waals surface area contributed by atoms with Crippen LogP contribution in [0.2, 0.25) is 0 Å². The van der Waals surface area contributed by atoms with Crippen molar-refractivity contribution >= 4 is 11.9 Å². The van der Waals surface area contributed by atoms with E-state index in [0.29, 0.717) is 6.54 Å². The maximum atomic E-state index is 10.1. The third-order valence-corrected chi connectivity index (χ3v) is 1.15. The maximum Gasteiger partial charge on any atom is 0.320 e. The first-order valence-corrected chi connectivity index (χ1v) is 4.03. The minimum absolute atomic E-state index is 0.0213. The van der Waals surface area contributed by atoms with Gasteiger partial charge in [-0.25, -0.2) is 0 Å². The number of hydrogen-bond acceptors (Lipinski definition) is 5. The predicted molar refractivity (Wildman–Crippen MR) is 50.2 cm³/mol. The minimum Gasteiger partial charge on any atom is -0.480 e. The molecule has 1 amide bonds. The smallest absolute Gasteiger partial charge is 0.320 e. The lowest BCUT2D eigenvalue weighted by Gasteiger charge is -2.01. The molecule has 0 fully saturated rings. The van der Waals surface area contributed by atoms with Crippen LogP contribution in [-0.4, -0.2) is 41.3 Å². The van der Waals surface area contributed by atoms with E-state index in [1.165, 1.54) is 0 Å². The van der Waals surface area contributed by atoms with Crippen molar-refractivity contribution in [2.45, 2.75) is 18.9 Å². The van der Waals surface area contributed by atoms with E-state index in [0.717, 1.165) is 0 Å². The Morgan fingerprint density at radius 2 is 1.79 bits per heavy atom. The van der Waals surface area contributed by atoms with E-state index in [-0.39, 0.29) is 19.4 Å². The number of hydrogen-bond donors (Lipinski definition) is 5. The highest BCUT2D eigenvalue weighted by molar-refractivity contribution is 5.76. The standard InChI is InChI=1S/C5H10N2O3.C2H7NO/c6-3(5(9)10)1-2-4(7)8;3-1-2-4/h3H,1-2,6H2,(H2,7,8)(H,9,10);4H,1-3H2/t3-;/m0./s1. The molecular weight excluding hydrogens is 190 g/mol. The number of aliphatic hydroxyl groups is 1. The molecular formula is C7H17N3O4. The average Bonchev–Trinajstić information content (AvgIpc) is 2.14. The van der Waals surface area contributed by atoms with Crippen molar-refractivity contribution in [2.24, 2.45) is 17.2 Å². The Balaban J connectivity index is 0. The van der Waals surface area contributed by atoms with Crippen LogP contribution in [-0.2, 0) is 9.59 Å². The van der Waals surface area contributed by atoms with Gasteiger partial charge in [0.15, 0.2) is 0 Å². The van der Waals surface area contributed by atoms with Gasteiger partial charge in [-0.05, 0) is 6.42 Å². The molecule has 0 unspecified atom stereocenters.